The molecule has 1 aliphatic rings. The molecular formula is C17H25NO2. The highest BCUT2D eigenvalue weighted by atomic mass is 16.3. The van der Waals surface area contributed by atoms with E-state index in [0.29, 0.717) is 5.92 Å². The van der Waals surface area contributed by atoms with Gasteiger partial charge in [-0.25, -0.2) is 0 Å². The molecule has 1 heterocycles. The van der Waals surface area contributed by atoms with Gasteiger partial charge >= 0.3 is 0 Å². The van der Waals surface area contributed by atoms with Crippen molar-refractivity contribution in [1.82, 2.24) is 4.90 Å². The summed E-state index contributed by atoms with van der Waals surface area (Å²) in [6.45, 7) is 8.09. The molecule has 2 atom stereocenters. The van der Waals surface area contributed by atoms with Crippen molar-refractivity contribution >= 4 is 5.78 Å². The van der Waals surface area contributed by atoms with E-state index in [0.717, 1.165) is 37.1 Å². The lowest BCUT2D eigenvalue weighted by atomic mass is 9.94. The highest BCUT2D eigenvalue weighted by Gasteiger charge is 2.27. The molecule has 0 bridgehead atoms. The van der Waals surface area contributed by atoms with Crippen molar-refractivity contribution < 1.29 is 9.90 Å². The summed E-state index contributed by atoms with van der Waals surface area (Å²) in [5.74, 6) is 0.505. The number of hydrogen-bond acceptors (Lipinski definition) is 3. The van der Waals surface area contributed by atoms with Crippen LogP contribution in [0.15, 0.2) is 18.2 Å². The fraction of sp³-hybridized carbons (Fsp3) is 0.588. The summed E-state index contributed by atoms with van der Waals surface area (Å²) in [6, 6.07) is 5.82. The van der Waals surface area contributed by atoms with E-state index >= 15 is 0 Å². The third-order valence-electron chi connectivity index (χ3n) is 4.53. The minimum absolute atomic E-state index is 0.105. The topological polar surface area (TPSA) is 40.5 Å². The quantitative estimate of drug-likeness (QED) is 0.859. The molecule has 0 amide bonds. The Balaban J connectivity index is 2.09. The standard InChI is InChI=1S/C17H25NO2/c1-12-6-7-16(9-13(12)2)17(20)14(3)18-8-4-5-15(10-18)11-19/h6-7,9,14-15,19H,4-5,8,10-11H2,1-3H3. The van der Waals surface area contributed by atoms with Crippen molar-refractivity contribution in [3.63, 3.8) is 0 Å². The lowest BCUT2D eigenvalue weighted by Gasteiger charge is -2.35. The largest absolute Gasteiger partial charge is 0.396 e. The van der Waals surface area contributed by atoms with Crippen molar-refractivity contribution in [1.29, 1.82) is 0 Å². The van der Waals surface area contributed by atoms with Crippen LogP contribution in [0.3, 0.4) is 0 Å². The van der Waals surface area contributed by atoms with Gasteiger partial charge in [-0.05, 0) is 63.3 Å². The number of hydrogen-bond donors (Lipinski definition) is 1. The van der Waals surface area contributed by atoms with E-state index < -0.39 is 0 Å². The number of aliphatic hydroxyl groups is 1. The smallest absolute Gasteiger partial charge is 0.179 e. The van der Waals surface area contributed by atoms with Crippen LogP contribution in [-0.4, -0.2) is 41.5 Å². The Morgan fingerprint density at radius 3 is 2.80 bits per heavy atom. The number of rotatable bonds is 4. The van der Waals surface area contributed by atoms with Crippen molar-refractivity contribution in [3.8, 4) is 0 Å². The Morgan fingerprint density at radius 2 is 2.15 bits per heavy atom. The molecule has 1 aromatic rings. The molecule has 110 valence electrons. The highest BCUT2D eigenvalue weighted by molar-refractivity contribution is 6.00. The van der Waals surface area contributed by atoms with Gasteiger partial charge in [0.2, 0.25) is 0 Å². The molecule has 0 saturated carbocycles. The Bertz CT molecular complexity index is 484. The molecule has 2 rings (SSSR count). The number of benzene rings is 1. The van der Waals surface area contributed by atoms with Gasteiger partial charge in [-0.15, -0.1) is 0 Å². The summed E-state index contributed by atoms with van der Waals surface area (Å²) in [6.07, 6.45) is 2.13. The van der Waals surface area contributed by atoms with Gasteiger partial charge in [-0.3, -0.25) is 9.69 Å². The van der Waals surface area contributed by atoms with E-state index in [1.165, 1.54) is 5.56 Å². The van der Waals surface area contributed by atoms with E-state index in [4.69, 9.17) is 0 Å². The first-order valence-corrected chi connectivity index (χ1v) is 7.49. The molecule has 1 aliphatic heterocycles. The molecule has 0 aliphatic carbocycles. The Morgan fingerprint density at radius 1 is 1.40 bits per heavy atom. The summed E-state index contributed by atoms with van der Waals surface area (Å²) >= 11 is 0. The summed E-state index contributed by atoms with van der Waals surface area (Å²) in [7, 11) is 0. The van der Waals surface area contributed by atoms with Gasteiger partial charge in [0.25, 0.3) is 0 Å². The van der Waals surface area contributed by atoms with Gasteiger partial charge in [0.05, 0.1) is 6.04 Å². The maximum atomic E-state index is 12.6. The van der Waals surface area contributed by atoms with E-state index in [1.807, 2.05) is 32.0 Å². The number of Topliss-reactive ketones (excluding diaryl/α,β-unsaturated/α-hetero) is 1. The van der Waals surface area contributed by atoms with Crippen LogP contribution in [0.25, 0.3) is 0 Å². The number of piperidine rings is 1. The van der Waals surface area contributed by atoms with Gasteiger partial charge in [-0.1, -0.05) is 12.1 Å². The van der Waals surface area contributed by atoms with E-state index in [-0.39, 0.29) is 18.4 Å². The molecule has 0 spiro atoms. The molecule has 3 nitrogen and oxygen atoms in total. The van der Waals surface area contributed by atoms with Crippen molar-refractivity contribution in [2.75, 3.05) is 19.7 Å². The van der Waals surface area contributed by atoms with E-state index in [9.17, 15) is 9.90 Å². The first-order valence-electron chi connectivity index (χ1n) is 7.49. The number of aryl methyl sites for hydroxylation is 2. The van der Waals surface area contributed by atoms with Crippen LogP contribution >= 0.6 is 0 Å². The lowest BCUT2D eigenvalue weighted by Crippen LogP contribution is -2.45. The minimum Gasteiger partial charge on any atom is -0.396 e. The normalized spacial score (nSPS) is 21.7. The molecular weight excluding hydrogens is 250 g/mol. The Labute approximate surface area is 121 Å². The molecule has 0 radical (unpaired) electrons. The number of nitrogens with zero attached hydrogens (tertiary/aromatic N) is 1. The van der Waals surface area contributed by atoms with Crippen molar-refractivity contribution in [2.24, 2.45) is 5.92 Å². The minimum atomic E-state index is -0.105. The predicted molar refractivity (Wildman–Crippen MR) is 81.1 cm³/mol. The summed E-state index contributed by atoms with van der Waals surface area (Å²) in [4.78, 5) is 14.8. The monoisotopic (exact) mass is 275 g/mol. The van der Waals surface area contributed by atoms with E-state index in [1.54, 1.807) is 0 Å². The zero-order chi connectivity index (χ0) is 14.7. The van der Waals surface area contributed by atoms with Gasteiger partial charge in [-0.2, -0.15) is 0 Å². The van der Waals surface area contributed by atoms with Crippen molar-refractivity contribution in [3.05, 3.63) is 34.9 Å². The van der Waals surface area contributed by atoms with Crippen molar-refractivity contribution in [2.45, 2.75) is 39.7 Å². The molecule has 1 N–H and O–H groups in total. The van der Waals surface area contributed by atoms with Crippen LogP contribution in [0.4, 0.5) is 0 Å². The predicted octanol–water partition coefficient (Wildman–Crippen LogP) is 2.58. The first-order chi connectivity index (χ1) is 9.52. The number of ketones is 1. The number of aliphatic hydroxyl groups excluding tert-OH is 1. The molecule has 0 aromatic heterocycles. The summed E-state index contributed by atoms with van der Waals surface area (Å²) in [5.41, 5.74) is 3.18. The second-order valence-electron chi connectivity index (χ2n) is 6.03. The molecule has 20 heavy (non-hydrogen) atoms. The lowest BCUT2D eigenvalue weighted by molar-refractivity contribution is 0.0673. The second kappa shape index (κ2) is 6.51. The molecule has 3 heteroatoms. The average molecular weight is 275 g/mol. The zero-order valence-electron chi connectivity index (χ0n) is 12.7. The van der Waals surface area contributed by atoms with Crippen LogP contribution in [0, 0.1) is 19.8 Å². The molecule has 1 aromatic carbocycles. The maximum Gasteiger partial charge on any atom is 0.179 e. The molecule has 2 unspecified atom stereocenters. The third-order valence-corrected chi connectivity index (χ3v) is 4.53. The summed E-state index contributed by atoms with van der Waals surface area (Å²) < 4.78 is 0. The fourth-order valence-electron chi connectivity index (χ4n) is 2.90. The maximum absolute atomic E-state index is 12.6. The van der Waals surface area contributed by atoms with Crippen LogP contribution < -0.4 is 0 Å². The number of likely N-dealkylation sites (tertiary alicyclic amines) is 1. The molecule has 1 saturated heterocycles. The Kier molecular flexibility index (Phi) is 4.95. The first kappa shape index (κ1) is 15.2. The van der Waals surface area contributed by atoms with E-state index in [2.05, 4.69) is 11.8 Å². The second-order valence-corrected chi connectivity index (χ2v) is 6.03. The van der Waals surface area contributed by atoms with Crippen LogP contribution in [-0.2, 0) is 0 Å². The van der Waals surface area contributed by atoms with Gasteiger partial charge in [0, 0.05) is 18.7 Å². The van der Waals surface area contributed by atoms with Gasteiger partial charge in [0.15, 0.2) is 5.78 Å². The number of carbonyl (C=O) groups is 1. The Hall–Kier alpha value is -1.19. The van der Waals surface area contributed by atoms with Crippen LogP contribution in [0.5, 0.6) is 0 Å². The van der Waals surface area contributed by atoms with Gasteiger partial charge in [0.1, 0.15) is 0 Å². The van der Waals surface area contributed by atoms with Crippen LogP contribution in [0.1, 0.15) is 41.3 Å². The number of carbonyl (C=O) groups excluding carboxylic acids is 1. The third kappa shape index (κ3) is 3.28. The highest BCUT2D eigenvalue weighted by Crippen LogP contribution is 2.20. The SMILES string of the molecule is Cc1ccc(C(=O)C(C)N2CCCC(CO)C2)cc1C. The van der Waals surface area contributed by atoms with Gasteiger partial charge < -0.3 is 5.11 Å². The zero-order valence-corrected chi connectivity index (χ0v) is 12.7. The molecule has 1 fully saturated rings. The fourth-order valence-corrected chi connectivity index (χ4v) is 2.90. The van der Waals surface area contributed by atoms with Crippen LogP contribution in [0.2, 0.25) is 0 Å². The average Bonchev–Trinajstić information content (AvgIpc) is 2.48. The summed E-state index contributed by atoms with van der Waals surface area (Å²) in [5, 5.41) is 9.30.